The second-order valence-corrected chi connectivity index (χ2v) is 6.76. The molecule has 0 amide bonds. The molecular weight excluding hydrogens is 326 g/mol. The number of morpholine rings is 1. The lowest BCUT2D eigenvalue weighted by molar-refractivity contribution is -0.0526. The molecule has 0 bridgehead atoms. The van der Waals surface area contributed by atoms with Crippen LogP contribution in [0.5, 0.6) is 0 Å². The summed E-state index contributed by atoms with van der Waals surface area (Å²) in [6.07, 6.45) is 3.85. The average molecular weight is 345 g/mol. The van der Waals surface area contributed by atoms with Crippen LogP contribution in [0.1, 0.15) is 18.9 Å². The highest BCUT2D eigenvalue weighted by molar-refractivity contribution is 7.13. The monoisotopic (exact) mass is 345 g/mol. The SMILES string of the molecule is C[C@@H](c1nnc(-c2cccs2)o1)N1CCO[C@@H](Cn2cccn2)C1. The van der Waals surface area contributed by atoms with E-state index in [4.69, 9.17) is 9.15 Å². The van der Waals surface area contributed by atoms with Gasteiger partial charge in [-0.25, -0.2) is 0 Å². The van der Waals surface area contributed by atoms with Crippen molar-refractivity contribution in [3.8, 4) is 10.8 Å². The van der Waals surface area contributed by atoms with Crippen molar-refractivity contribution in [2.45, 2.75) is 25.6 Å². The van der Waals surface area contributed by atoms with Gasteiger partial charge in [0, 0.05) is 25.5 Å². The van der Waals surface area contributed by atoms with Crippen molar-refractivity contribution in [3.63, 3.8) is 0 Å². The third-order valence-corrected chi connectivity index (χ3v) is 5.06. The third kappa shape index (κ3) is 3.26. The lowest BCUT2D eigenvalue weighted by Gasteiger charge is -2.35. The van der Waals surface area contributed by atoms with Crippen LogP contribution < -0.4 is 0 Å². The van der Waals surface area contributed by atoms with Crippen LogP contribution in [0.25, 0.3) is 10.8 Å². The molecule has 0 saturated carbocycles. The highest BCUT2D eigenvalue weighted by Gasteiger charge is 2.28. The van der Waals surface area contributed by atoms with Crippen molar-refractivity contribution in [2.24, 2.45) is 0 Å². The number of ether oxygens (including phenoxy) is 1. The molecule has 0 spiro atoms. The number of nitrogens with zero attached hydrogens (tertiary/aromatic N) is 5. The molecule has 0 unspecified atom stereocenters. The van der Waals surface area contributed by atoms with Crippen molar-refractivity contribution in [2.75, 3.05) is 19.7 Å². The van der Waals surface area contributed by atoms with Crippen molar-refractivity contribution >= 4 is 11.3 Å². The fraction of sp³-hybridized carbons (Fsp3) is 0.438. The van der Waals surface area contributed by atoms with Gasteiger partial charge >= 0.3 is 0 Å². The van der Waals surface area contributed by atoms with Gasteiger partial charge in [-0.2, -0.15) is 5.10 Å². The van der Waals surface area contributed by atoms with Gasteiger partial charge in [-0.05, 0) is 24.4 Å². The Bertz CT molecular complexity index is 755. The average Bonchev–Trinajstić information content (AvgIpc) is 3.35. The molecule has 1 fully saturated rings. The van der Waals surface area contributed by atoms with Gasteiger partial charge in [0.1, 0.15) is 0 Å². The van der Waals surface area contributed by atoms with E-state index in [9.17, 15) is 0 Å². The first-order chi connectivity index (χ1) is 11.8. The van der Waals surface area contributed by atoms with E-state index in [1.54, 1.807) is 17.5 Å². The minimum absolute atomic E-state index is 0.0650. The number of hydrogen-bond acceptors (Lipinski definition) is 7. The summed E-state index contributed by atoms with van der Waals surface area (Å²) in [5.74, 6) is 1.24. The second-order valence-electron chi connectivity index (χ2n) is 5.81. The van der Waals surface area contributed by atoms with E-state index in [0.717, 1.165) is 24.5 Å². The molecule has 0 radical (unpaired) electrons. The molecule has 1 aliphatic rings. The first-order valence-corrected chi connectivity index (χ1v) is 8.88. The summed E-state index contributed by atoms with van der Waals surface area (Å²) in [6.45, 7) is 5.22. The molecule has 7 nitrogen and oxygen atoms in total. The van der Waals surface area contributed by atoms with Crippen LogP contribution in [0, 0.1) is 0 Å². The lowest BCUT2D eigenvalue weighted by atomic mass is 10.2. The molecule has 2 atom stereocenters. The minimum Gasteiger partial charge on any atom is -0.418 e. The van der Waals surface area contributed by atoms with Crippen LogP contribution in [0.15, 0.2) is 40.4 Å². The van der Waals surface area contributed by atoms with Gasteiger partial charge in [0.15, 0.2) is 0 Å². The zero-order valence-electron chi connectivity index (χ0n) is 13.4. The molecule has 4 rings (SSSR count). The molecule has 0 aromatic carbocycles. The van der Waals surface area contributed by atoms with Crippen molar-refractivity contribution in [1.82, 2.24) is 24.9 Å². The highest BCUT2D eigenvalue weighted by atomic mass is 32.1. The van der Waals surface area contributed by atoms with E-state index in [1.807, 2.05) is 34.5 Å². The minimum atomic E-state index is 0.0650. The van der Waals surface area contributed by atoms with Crippen LogP contribution in [0.4, 0.5) is 0 Å². The Morgan fingerprint density at radius 3 is 3.12 bits per heavy atom. The van der Waals surface area contributed by atoms with Crippen LogP contribution in [-0.2, 0) is 11.3 Å². The summed E-state index contributed by atoms with van der Waals surface area (Å²) >= 11 is 1.60. The predicted octanol–water partition coefficient (Wildman–Crippen LogP) is 2.46. The summed E-state index contributed by atoms with van der Waals surface area (Å²) in [5.41, 5.74) is 0. The Kier molecular flexibility index (Phi) is 4.42. The quantitative estimate of drug-likeness (QED) is 0.707. The maximum atomic E-state index is 5.87. The molecule has 126 valence electrons. The lowest BCUT2D eigenvalue weighted by Crippen LogP contribution is -2.45. The molecule has 0 N–H and O–H groups in total. The summed E-state index contributed by atoms with van der Waals surface area (Å²) in [4.78, 5) is 3.32. The zero-order valence-corrected chi connectivity index (χ0v) is 14.2. The van der Waals surface area contributed by atoms with Gasteiger partial charge in [-0.3, -0.25) is 9.58 Å². The fourth-order valence-corrected chi connectivity index (χ4v) is 3.53. The van der Waals surface area contributed by atoms with Crippen molar-refractivity contribution < 1.29 is 9.15 Å². The molecule has 3 aromatic heterocycles. The highest BCUT2D eigenvalue weighted by Crippen LogP contribution is 2.27. The van der Waals surface area contributed by atoms with Gasteiger partial charge in [0.05, 0.1) is 30.2 Å². The smallest absolute Gasteiger partial charge is 0.257 e. The van der Waals surface area contributed by atoms with E-state index in [1.165, 1.54) is 0 Å². The summed E-state index contributed by atoms with van der Waals surface area (Å²) < 4.78 is 13.6. The van der Waals surface area contributed by atoms with Gasteiger partial charge in [0.2, 0.25) is 5.89 Å². The van der Waals surface area contributed by atoms with E-state index in [2.05, 4.69) is 27.1 Å². The number of rotatable bonds is 5. The Labute approximate surface area is 143 Å². The first kappa shape index (κ1) is 15.5. The largest absolute Gasteiger partial charge is 0.418 e. The topological polar surface area (TPSA) is 69.2 Å². The molecule has 3 aromatic rings. The third-order valence-electron chi connectivity index (χ3n) is 4.20. The summed E-state index contributed by atoms with van der Waals surface area (Å²) in [5, 5.41) is 14.7. The first-order valence-electron chi connectivity index (χ1n) is 8.00. The van der Waals surface area contributed by atoms with Crippen LogP contribution in [0.2, 0.25) is 0 Å². The van der Waals surface area contributed by atoms with Crippen LogP contribution in [0.3, 0.4) is 0 Å². The van der Waals surface area contributed by atoms with E-state index in [0.29, 0.717) is 18.4 Å². The molecule has 4 heterocycles. The molecular formula is C16H19N5O2S. The molecule has 24 heavy (non-hydrogen) atoms. The Morgan fingerprint density at radius 1 is 1.38 bits per heavy atom. The van der Waals surface area contributed by atoms with E-state index in [-0.39, 0.29) is 12.1 Å². The molecule has 0 aliphatic carbocycles. The van der Waals surface area contributed by atoms with Gasteiger partial charge in [0.25, 0.3) is 5.89 Å². The van der Waals surface area contributed by atoms with Crippen LogP contribution >= 0.6 is 11.3 Å². The number of aromatic nitrogens is 4. The van der Waals surface area contributed by atoms with E-state index >= 15 is 0 Å². The maximum Gasteiger partial charge on any atom is 0.257 e. The summed E-state index contributed by atoms with van der Waals surface area (Å²) in [6, 6.07) is 5.96. The Morgan fingerprint density at radius 2 is 2.33 bits per heavy atom. The molecule has 8 heteroatoms. The van der Waals surface area contributed by atoms with Gasteiger partial charge in [-0.15, -0.1) is 21.5 Å². The van der Waals surface area contributed by atoms with Gasteiger partial charge in [-0.1, -0.05) is 6.07 Å². The molecule has 1 aliphatic heterocycles. The van der Waals surface area contributed by atoms with Crippen molar-refractivity contribution in [1.29, 1.82) is 0 Å². The van der Waals surface area contributed by atoms with E-state index < -0.39 is 0 Å². The number of hydrogen-bond donors (Lipinski definition) is 0. The zero-order chi connectivity index (χ0) is 16.4. The predicted molar refractivity (Wildman–Crippen MR) is 89.6 cm³/mol. The summed E-state index contributed by atoms with van der Waals surface area (Å²) in [7, 11) is 0. The van der Waals surface area contributed by atoms with Crippen LogP contribution in [-0.4, -0.2) is 50.7 Å². The Hall–Kier alpha value is -2.03. The van der Waals surface area contributed by atoms with Crippen molar-refractivity contribution in [3.05, 3.63) is 41.9 Å². The molecule has 1 saturated heterocycles. The van der Waals surface area contributed by atoms with Gasteiger partial charge < -0.3 is 9.15 Å². The fourth-order valence-electron chi connectivity index (χ4n) is 2.88. The standard InChI is InChI=1S/C16H19N5O2S/c1-12(15-18-19-16(23-15)14-4-2-9-24-14)20-7-8-22-13(10-20)11-21-6-3-5-17-21/h2-6,9,12-13H,7-8,10-11H2,1H3/t12-,13+/m0/s1. The normalized spacial score (nSPS) is 20.3. The second kappa shape index (κ2) is 6.84. The number of thiophene rings is 1. The Balaban J connectivity index is 1.43. The maximum absolute atomic E-state index is 5.87.